The maximum Gasteiger partial charge on any atom is 0.311 e. The standard InChI is InChI=1S/C26H31O4P/c1-5-22(21-16-15-18-11-9-10-14-20(18)17-21)31(29,30)24(26(2,3)4)23(25(27)28)19-12-7-6-8-13-19/h6-17,22-24H,5H2,1-4H3,(H,27,28)(H,29,30). The second-order valence-corrected chi connectivity index (χ2v) is 11.8. The lowest BCUT2D eigenvalue weighted by molar-refractivity contribution is -0.139. The molecule has 0 spiro atoms. The molecule has 3 rings (SSSR count). The van der Waals surface area contributed by atoms with Crippen LogP contribution in [-0.2, 0) is 9.36 Å². The first kappa shape index (κ1) is 23.2. The van der Waals surface area contributed by atoms with E-state index in [1.165, 1.54) is 0 Å². The van der Waals surface area contributed by atoms with Gasteiger partial charge in [0.2, 0.25) is 7.37 Å². The highest BCUT2D eigenvalue weighted by atomic mass is 31.2. The Morgan fingerprint density at radius 3 is 2.03 bits per heavy atom. The fourth-order valence-corrected chi connectivity index (χ4v) is 8.04. The average molecular weight is 439 g/mol. The molecule has 0 aliphatic rings. The Labute approximate surface area is 184 Å². The first-order valence-corrected chi connectivity index (χ1v) is 12.5. The van der Waals surface area contributed by atoms with Gasteiger partial charge < -0.3 is 10.00 Å². The van der Waals surface area contributed by atoms with E-state index in [0.717, 1.165) is 16.3 Å². The van der Waals surface area contributed by atoms with Crippen molar-refractivity contribution in [1.82, 2.24) is 0 Å². The second kappa shape index (κ2) is 8.98. The molecule has 3 aromatic rings. The van der Waals surface area contributed by atoms with Gasteiger partial charge in [-0.05, 0) is 33.7 Å². The summed E-state index contributed by atoms with van der Waals surface area (Å²) in [6.45, 7) is 7.45. The quantitative estimate of drug-likeness (QED) is 0.396. The van der Waals surface area contributed by atoms with Crippen LogP contribution in [0.25, 0.3) is 10.8 Å². The molecule has 3 aromatic carbocycles. The van der Waals surface area contributed by atoms with Crippen LogP contribution in [0.2, 0.25) is 0 Å². The predicted octanol–water partition coefficient (Wildman–Crippen LogP) is 6.84. The molecule has 0 radical (unpaired) electrons. The van der Waals surface area contributed by atoms with Gasteiger partial charge >= 0.3 is 5.97 Å². The zero-order valence-electron chi connectivity index (χ0n) is 18.5. The van der Waals surface area contributed by atoms with E-state index in [4.69, 9.17) is 0 Å². The van der Waals surface area contributed by atoms with Gasteiger partial charge in [0.1, 0.15) is 0 Å². The van der Waals surface area contributed by atoms with Crippen molar-refractivity contribution in [3.8, 4) is 0 Å². The van der Waals surface area contributed by atoms with Crippen molar-refractivity contribution in [2.24, 2.45) is 5.41 Å². The van der Waals surface area contributed by atoms with Gasteiger partial charge in [-0.1, -0.05) is 100 Å². The molecule has 0 aromatic heterocycles. The van der Waals surface area contributed by atoms with Crippen LogP contribution in [0.4, 0.5) is 0 Å². The maximum absolute atomic E-state index is 14.2. The number of benzene rings is 3. The summed E-state index contributed by atoms with van der Waals surface area (Å²) in [5.74, 6) is -2.15. The van der Waals surface area contributed by atoms with Gasteiger partial charge in [-0.3, -0.25) is 9.36 Å². The van der Waals surface area contributed by atoms with Gasteiger partial charge in [0.25, 0.3) is 0 Å². The minimum absolute atomic E-state index is 0.444. The van der Waals surface area contributed by atoms with Crippen LogP contribution < -0.4 is 0 Å². The van der Waals surface area contributed by atoms with Crippen molar-refractivity contribution in [2.75, 3.05) is 0 Å². The molecule has 4 atom stereocenters. The third-order valence-electron chi connectivity index (χ3n) is 6.02. The van der Waals surface area contributed by atoms with E-state index < -0.39 is 36.0 Å². The van der Waals surface area contributed by atoms with Crippen LogP contribution in [0, 0.1) is 5.41 Å². The van der Waals surface area contributed by atoms with E-state index in [-0.39, 0.29) is 0 Å². The Balaban J connectivity index is 2.15. The molecule has 31 heavy (non-hydrogen) atoms. The Morgan fingerprint density at radius 2 is 1.48 bits per heavy atom. The fourth-order valence-electron chi connectivity index (χ4n) is 4.71. The Bertz CT molecular complexity index is 1100. The fraction of sp³-hybridized carbons (Fsp3) is 0.346. The summed E-state index contributed by atoms with van der Waals surface area (Å²) in [7, 11) is -3.99. The number of aliphatic carboxylic acids is 1. The zero-order valence-corrected chi connectivity index (χ0v) is 19.4. The molecule has 0 saturated heterocycles. The van der Waals surface area contributed by atoms with Crippen molar-refractivity contribution >= 4 is 24.1 Å². The van der Waals surface area contributed by atoms with E-state index in [9.17, 15) is 19.4 Å². The second-order valence-electron chi connectivity index (χ2n) is 9.24. The van der Waals surface area contributed by atoms with Crippen LogP contribution in [-0.4, -0.2) is 21.6 Å². The molecular weight excluding hydrogens is 407 g/mol. The Kier molecular flexibility index (Phi) is 6.73. The molecule has 0 fully saturated rings. The van der Waals surface area contributed by atoms with Gasteiger partial charge in [0, 0.05) is 0 Å². The summed E-state index contributed by atoms with van der Waals surface area (Å²) in [6.07, 6.45) is 0.444. The molecule has 0 aliphatic heterocycles. The smallest absolute Gasteiger partial charge is 0.311 e. The van der Waals surface area contributed by atoms with E-state index >= 15 is 0 Å². The average Bonchev–Trinajstić information content (AvgIpc) is 2.71. The Hall–Kier alpha value is -2.42. The van der Waals surface area contributed by atoms with E-state index in [0.29, 0.717) is 12.0 Å². The van der Waals surface area contributed by atoms with Crippen LogP contribution >= 0.6 is 7.37 Å². The molecule has 0 bridgehead atoms. The lowest BCUT2D eigenvalue weighted by Crippen LogP contribution is -2.38. The number of hydrogen-bond donors (Lipinski definition) is 2. The van der Waals surface area contributed by atoms with Crippen molar-refractivity contribution in [2.45, 2.75) is 51.4 Å². The van der Waals surface area contributed by atoms with Gasteiger partial charge in [0.15, 0.2) is 0 Å². The largest absolute Gasteiger partial charge is 0.481 e. The zero-order chi connectivity index (χ0) is 22.8. The van der Waals surface area contributed by atoms with Crippen LogP contribution in [0.1, 0.15) is 56.8 Å². The highest BCUT2D eigenvalue weighted by Gasteiger charge is 2.51. The van der Waals surface area contributed by atoms with E-state index in [1.807, 2.05) is 76.2 Å². The minimum atomic E-state index is -3.99. The normalized spacial score (nSPS) is 16.9. The van der Waals surface area contributed by atoms with E-state index in [1.54, 1.807) is 24.3 Å². The number of rotatable bonds is 7. The van der Waals surface area contributed by atoms with Crippen LogP contribution in [0.15, 0.2) is 72.8 Å². The summed E-state index contributed by atoms with van der Waals surface area (Å²) in [6, 6.07) is 22.5. The van der Waals surface area contributed by atoms with Crippen molar-refractivity contribution < 1.29 is 19.4 Å². The number of fused-ring (bicyclic) bond motifs is 1. The SMILES string of the molecule is CCC(c1ccc2ccccc2c1)P(=O)(O)C(C(C(=O)O)c1ccccc1)C(C)(C)C. The monoisotopic (exact) mass is 438 g/mol. The van der Waals surface area contributed by atoms with Crippen molar-refractivity contribution in [3.05, 3.63) is 83.9 Å². The van der Waals surface area contributed by atoms with Gasteiger partial charge in [0.05, 0.1) is 17.2 Å². The summed E-state index contributed by atoms with van der Waals surface area (Å²) >= 11 is 0. The van der Waals surface area contributed by atoms with Gasteiger partial charge in [-0.2, -0.15) is 0 Å². The summed E-state index contributed by atoms with van der Waals surface area (Å²) in [5.41, 5.74) is -0.966. The molecule has 164 valence electrons. The third kappa shape index (κ3) is 4.76. The molecule has 4 unspecified atom stereocenters. The van der Waals surface area contributed by atoms with Gasteiger partial charge in [-0.15, -0.1) is 0 Å². The number of carboxylic acids is 1. The number of carboxylic acid groups (broad SMARTS) is 1. The lowest BCUT2D eigenvalue weighted by Gasteiger charge is -2.41. The first-order valence-electron chi connectivity index (χ1n) is 10.7. The maximum atomic E-state index is 14.2. The van der Waals surface area contributed by atoms with Gasteiger partial charge in [-0.25, -0.2) is 0 Å². The molecule has 0 heterocycles. The number of hydrogen-bond acceptors (Lipinski definition) is 2. The molecule has 4 nitrogen and oxygen atoms in total. The van der Waals surface area contributed by atoms with Crippen molar-refractivity contribution in [1.29, 1.82) is 0 Å². The Morgan fingerprint density at radius 1 is 0.903 bits per heavy atom. The molecule has 0 amide bonds. The van der Waals surface area contributed by atoms with E-state index in [2.05, 4.69) is 0 Å². The molecule has 5 heteroatoms. The summed E-state index contributed by atoms with van der Waals surface area (Å²) < 4.78 is 14.2. The highest BCUT2D eigenvalue weighted by molar-refractivity contribution is 7.59. The first-order chi connectivity index (χ1) is 14.6. The van der Waals surface area contributed by atoms with Crippen LogP contribution in [0.5, 0.6) is 0 Å². The van der Waals surface area contributed by atoms with Crippen molar-refractivity contribution in [3.63, 3.8) is 0 Å². The molecule has 2 N–H and O–H groups in total. The molecule has 0 saturated carbocycles. The van der Waals surface area contributed by atoms with Crippen LogP contribution in [0.3, 0.4) is 0 Å². The highest BCUT2D eigenvalue weighted by Crippen LogP contribution is 2.67. The minimum Gasteiger partial charge on any atom is -0.481 e. The number of carbonyl (C=O) groups is 1. The topological polar surface area (TPSA) is 74.6 Å². The summed E-state index contributed by atoms with van der Waals surface area (Å²) in [4.78, 5) is 24.1. The predicted molar refractivity (Wildman–Crippen MR) is 127 cm³/mol. The summed E-state index contributed by atoms with van der Waals surface area (Å²) in [5, 5.41) is 12.2. The molecular formula is C26H31O4P. The molecule has 0 aliphatic carbocycles. The third-order valence-corrected chi connectivity index (χ3v) is 9.44. The lowest BCUT2D eigenvalue weighted by atomic mass is 9.80.